The topological polar surface area (TPSA) is 65.4 Å². The van der Waals surface area contributed by atoms with Crippen molar-refractivity contribution in [1.29, 1.82) is 0 Å². The fourth-order valence-electron chi connectivity index (χ4n) is 2.47. The van der Waals surface area contributed by atoms with Crippen molar-refractivity contribution >= 4 is 30.7 Å². The highest BCUT2D eigenvalue weighted by atomic mass is 28.3. The normalized spacial score (nSPS) is 16.6. The summed E-state index contributed by atoms with van der Waals surface area (Å²) in [6.45, 7) is 11.7. The fourth-order valence-corrected chi connectivity index (χ4v) is 3.23. The van der Waals surface area contributed by atoms with Crippen LogP contribution in [0.1, 0.15) is 13.8 Å². The Bertz CT molecular complexity index is 777. The van der Waals surface area contributed by atoms with Gasteiger partial charge in [0, 0.05) is 26.3 Å². The van der Waals surface area contributed by atoms with Crippen LogP contribution in [0.5, 0.6) is 5.88 Å². The van der Waals surface area contributed by atoms with Gasteiger partial charge in [-0.05, 0) is 32.0 Å². The molecular formula is C17H25N3O3Si. The van der Waals surface area contributed by atoms with E-state index in [4.69, 9.17) is 9.47 Å². The molecule has 3 rings (SSSR count). The monoisotopic (exact) mass is 347 g/mol. The second-order valence-corrected chi connectivity index (χ2v) is 13.6. The first-order chi connectivity index (χ1) is 11.2. The molecule has 1 aliphatic heterocycles. The number of aromatic nitrogens is 2. The van der Waals surface area contributed by atoms with E-state index in [1.165, 1.54) is 0 Å². The van der Waals surface area contributed by atoms with E-state index in [1.54, 1.807) is 13.8 Å². The maximum atomic E-state index is 12.0. The van der Waals surface area contributed by atoms with Crippen LogP contribution in [-0.4, -0.2) is 35.7 Å². The molecule has 1 amide bonds. The number of nitrogens with one attached hydrogen (secondary N) is 1. The number of rotatable bonds is 5. The standard InChI is InChI=1S/C17H25N3O3Si/c1-17(2)16(21)18-13-10-12-6-7-20(14(12)19-15(13)23-17)11-22-8-9-24(3,4)5/h6-7,10H,8-9,11H2,1-5H3,(H,18,21). The third kappa shape index (κ3) is 3.46. The molecule has 0 unspecified atom stereocenters. The molecule has 0 bridgehead atoms. The zero-order valence-electron chi connectivity index (χ0n) is 15.0. The molecule has 130 valence electrons. The van der Waals surface area contributed by atoms with Gasteiger partial charge in [0.05, 0.1) is 0 Å². The lowest BCUT2D eigenvalue weighted by Gasteiger charge is -2.30. The van der Waals surface area contributed by atoms with Crippen LogP contribution in [0.4, 0.5) is 5.69 Å². The van der Waals surface area contributed by atoms with Gasteiger partial charge in [-0.15, -0.1) is 0 Å². The molecule has 7 heteroatoms. The lowest BCUT2D eigenvalue weighted by Crippen LogP contribution is -2.46. The third-order valence-corrected chi connectivity index (χ3v) is 5.78. The molecule has 0 spiro atoms. The minimum absolute atomic E-state index is 0.162. The second kappa shape index (κ2) is 5.89. The summed E-state index contributed by atoms with van der Waals surface area (Å²) >= 11 is 0. The molecule has 1 N–H and O–H groups in total. The highest BCUT2D eigenvalue weighted by Crippen LogP contribution is 2.34. The van der Waals surface area contributed by atoms with E-state index in [2.05, 4.69) is 29.9 Å². The van der Waals surface area contributed by atoms with E-state index in [-0.39, 0.29) is 5.91 Å². The molecule has 0 aromatic carbocycles. The van der Waals surface area contributed by atoms with Crippen LogP contribution in [0.25, 0.3) is 11.0 Å². The highest BCUT2D eigenvalue weighted by molar-refractivity contribution is 6.76. The molecule has 2 aromatic heterocycles. The Kier molecular flexibility index (Phi) is 4.17. The van der Waals surface area contributed by atoms with Crippen LogP contribution < -0.4 is 10.1 Å². The Balaban J connectivity index is 1.79. The minimum atomic E-state index is -1.09. The van der Waals surface area contributed by atoms with Gasteiger partial charge in [0.15, 0.2) is 5.60 Å². The van der Waals surface area contributed by atoms with Crippen molar-refractivity contribution in [1.82, 2.24) is 9.55 Å². The van der Waals surface area contributed by atoms with Gasteiger partial charge in [0.2, 0.25) is 5.88 Å². The maximum absolute atomic E-state index is 12.0. The number of carbonyl (C=O) groups is 1. The van der Waals surface area contributed by atoms with Crippen LogP contribution in [0.2, 0.25) is 25.7 Å². The maximum Gasteiger partial charge on any atom is 0.268 e. The summed E-state index contributed by atoms with van der Waals surface area (Å²) in [5.41, 5.74) is 0.497. The van der Waals surface area contributed by atoms with Gasteiger partial charge in [0.1, 0.15) is 18.1 Å². The summed E-state index contributed by atoms with van der Waals surface area (Å²) in [5.74, 6) is 0.291. The Hall–Kier alpha value is -1.86. The quantitative estimate of drug-likeness (QED) is 0.664. The largest absolute Gasteiger partial charge is 0.460 e. The first-order valence-corrected chi connectivity index (χ1v) is 11.9. The number of fused-ring (bicyclic) bond motifs is 2. The first-order valence-electron chi connectivity index (χ1n) is 8.24. The molecule has 0 saturated heterocycles. The number of ether oxygens (including phenoxy) is 2. The molecule has 0 saturated carbocycles. The number of carbonyl (C=O) groups excluding carboxylic acids is 1. The molecule has 3 heterocycles. The minimum Gasteiger partial charge on any atom is -0.460 e. The van der Waals surface area contributed by atoms with Crippen LogP contribution in [0, 0.1) is 0 Å². The van der Waals surface area contributed by atoms with Gasteiger partial charge in [-0.2, -0.15) is 4.98 Å². The van der Waals surface area contributed by atoms with E-state index in [9.17, 15) is 4.79 Å². The predicted molar refractivity (Wildman–Crippen MR) is 97.2 cm³/mol. The Morgan fingerprint density at radius 2 is 2.12 bits per heavy atom. The average Bonchev–Trinajstić information content (AvgIpc) is 2.83. The SMILES string of the molecule is CC1(C)Oc2nc3c(ccn3COCC[Si](C)(C)C)cc2NC1=O. The lowest BCUT2D eigenvalue weighted by molar-refractivity contribution is -0.129. The number of hydrogen-bond donors (Lipinski definition) is 1. The van der Waals surface area contributed by atoms with Crippen molar-refractivity contribution < 1.29 is 14.3 Å². The van der Waals surface area contributed by atoms with Crippen molar-refractivity contribution in [3.8, 4) is 5.88 Å². The van der Waals surface area contributed by atoms with Gasteiger partial charge >= 0.3 is 0 Å². The fraction of sp³-hybridized carbons (Fsp3) is 0.529. The van der Waals surface area contributed by atoms with Crippen LogP contribution in [0.3, 0.4) is 0 Å². The van der Waals surface area contributed by atoms with Gasteiger partial charge in [-0.1, -0.05) is 19.6 Å². The van der Waals surface area contributed by atoms with E-state index in [0.29, 0.717) is 18.3 Å². The lowest BCUT2D eigenvalue weighted by atomic mass is 10.1. The first kappa shape index (κ1) is 17.0. The molecule has 0 radical (unpaired) electrons. The van der Waals surface area contributed by atoms with Gasteiger partial charge < -0.3 is 19.4 Å². The zero-order chi connectivity index (χ0) is 17.5. The van der Waals surface area contributed by atoms with E-state index < -0.39 is 13.7 Å². The van der Waals surface area contributed by atoms with Crippen molar-refractivity contribution in [2.24, 2.45) is 0 Å². The van der Waals surface area contributed by atoms with Crippen molar-refractivity contribution in [2.75, 3.05) is 11.9 Å². The number of amides is 1. The van der Waals surface area contributed by atoms with E-state index in [1.807, 2.05) is 22.9 Å². The van der Waals surface area contributed by atoms with E-state index >= 15 is 0 Å². The summed E-state index contributed by atoms with van der Waals surface area (Å²) in [6, 6.07) is 5.00. The summed E-state index contributed by atoms with van der Waals surface area (Å²) in [4.78, 5) is 16.6. The predicted octanol–water partition coefficient (Wildman–Crippen LogP) is 3.46. The number of hydrogen-bond acceptors (Lipinski definition) is 4. The van der Waals surface area contributed by atoms with Crippen molar-refractivity contribution in [2.45, 2.75) is 51.9 Å². The molecular weight excluding hydrogens is 322 g/mol. The smallest absolute Gasteiger partial charge is 0.268 e. The molecule has 0 aliphatic carbocycles. The van der Waals surface area contributed by atoms with Gasteiger partial charge in [-0.3, -0.25) is 4.79 Å². The van der Waals surface area contributed by atoms with E-state index in [0.717, 1.165) is 23.7 Å². The Labute approximate surface area is 143 Å². The zero-order valence-corrected chi connectivity index (χ0v) is 16.0. The molecule has 0 atom stereocenters. The third-order valence-electron chi connectivity index (χ3n) is 4.08. The Morgan fingerprint density at radius 3 is 2.83 bits per heavy atom. The highest BCUT2D eigenvalue weighted by Gasteiger charge is 2.36. The van der Waals surface area contributed by atoms with Gasteiger partial charge in [-0.25, -0.2) is 0 Å². The molecule has 24 heavy (non-hydrogen) atoms. The van der Waals surface area contributed by atoms with Gasteiger partial charge in [0.25, 0.3) is 5.91 Å². The molecule has 6 nitrogen and oxygen atoms in total. The molecule has 1 aliphatic rings. The van der Waals surface area contributed by atoms with Crippen LogP contribution in [0.15, 0.2) is 18.3 Å². The van der Waals surface area contributed by atoms with Crippen LogP contribution >= 0.6 is 0 Å². The van der Waals surface area contributed by atoms with Crippen LogP contribution in [-0.2, 0) is 16.3 Å². The van der Waals surface area contributed by atoms with Crippen molar-refractivity contribution in [3.63, 3.8) is 0 Å². The number of pyridine rings is 1. The summed E-state index contributed by atoms with van der Waals surface area (Å²) in [7, 11) is -1.09. The van der Waals surface area contributed by atoms with Crippen molar-refractivity contribution in [3.05, 3.63) is 18.3 Å². The summed E-state index contributed by atoms with van der Waals surface area (Å²) < 4.78 is 13.5. The molecule has 0 fully saturated rings. The summed E-state index contributed by atoms with van der Waals surface area (Å²) in [6.07, 6.45) is 1.95. The Morgan fingerprint density at radius 1 is 1.38 bits per heavy atom. The molecule has 2 aromatic rings. The average molecular weight is 347 g/mol. The number of anilines is 1. The summed E-state index contributed by atoms with van der Waals surface area (Å²) in [5, 5.41) is 3.81. The number of nitrogens with zero attached hydrogens (tertiary/aromatic N) is 2. The second-order valence-electron chi connectivity index (χ2n) is 7.95.